The maximum Gasteiger partial charge on any atom is 0.366 e. The standard InChI is InChI=1S/C19H25N5O6S.C4H10.C2H6/c1-12(2)13-9-14(29-11-13)10-20-19-18(22-30-24(19)28-5)21-15-7-6-8-16(17(15)25)31(26,27)23(3)4;1-4(2)3;1-2/h6-9,11-12H,10H2,1-5H3,(H2,20,21,22,25);4H,1-3H3;1-2H3/p+1. The summed E-state index contributed by atoms with van der Waals surface area (Å²) in [7, 11) is 0.322. The van der Waals surface area contributed by atoms with Crippen molar-refractivity contribution < 1.29 is 32.3 Å². The van der Waals surface area contributed by atoms with Crippen LogP contribution >= 0.6 is 0 Å². The maximum absolute atomic E-state index is 12.4. The zero-order valence-corrected chi connectivity index (χ0v) is 24.3. The van der Waals surface area contributed by atoms with E-state index in [9.17, 15) is 13.5 Å². The van der Waals surface area contributed by atoms with E-state index < -0.39 is 15.8 Å². The molecule has 0 aliphatic heterocycles. The van der Waals surface area contributed by atoms with Gasteiger partial charge in [0.25, 0.3) is 0 Å². The van der Waals surface area contributed by atoms with Crippen molar-refractivity contribution in [2.75, 3.05) is 31.8 Å². The molecule has 2 aromatic heterocycles. The number of para-hydroxylation sites is 1. The van der Waals surface area contributed by atoms with Crippen LogP contribution in [0.5, 0.6) is 5.75 Å². The van der Waals surface area contributed by atoms with Crippen LogP contribution in [0.25, 0.3) is 0 Å². The number of anilines is 3. The molecule has 208 valence electrons. The Bertz CT molecular complexity index is 1200. The molecule has 0 fully saturated rings. The van der Waals surface area contributed by atoms with E-state index >= 15 is 0 Å². The lowest BCUT2D eigenvalue weighted by atomic mass is 10.1. The zero-order chi connectivity index (χ0) is 28.3. The summed E-state index contributed by atoms with van der Waals surface area (Å²) in [6, 6.07) is 6.28. The Morgan fingerprint density at radius 3 is 2.30 bits per heavy atom. The van der Waals surface area contributed by atoms with Crippen LogP contribution in [-0.4, -0.2) is 44.2 Å². The van der Waals surface area contributed by atoms with Crippen molar-refractivity contribution in [2.24, 2.45) is 5.92 Å². The molecule has 0 unspecified atom stereocenters. The number of nitrogens with zero attached hydrogens (tertiary/aromatic N) is 3. The van der Waals surface area contributed by atoms with Gasteiger partial charge in [0.1, 0.15) is 34.4 Å². The van der Waals surface area contributed by atoms with Crippen LogP contribution in [0.2, 0.25) is 0 Å². The van der Waals surface area contributed by atoms with Crippen molar-refractivity contribution in [1.82, 2.24) is 9.46 Å². The molecule has 2 heterocycles. The second-order valence-corrected chi connectivity index (χ2v) is 11.1. The van der Waals surface area contributed by atoms with Crippen molar-refractivity contribution >= 4 is 27.3 Å². The lowest BCUT2D eigenvalue weighted by molar-refractivity contribution is -1.01. The van der Waals surface area contributed by atoms with E-state index in [2.05, 4.69) is 50.4 Å². The quantitative estimate of drug-likeness (QED) is 0.329. The summed E-state index contributed by atoms with van der Waals surface area (Å²) in [6.07, 6.45) is 1.70. The molecule has 0 spiro atoms. The van der Waals surface area contributed by atoms with Gasteiger partial charge in [0.2, 0.25) is 10.0 Å². The van der Waals surface area contributed by atoms with E-state index in [4.69, 9.17) is 13.9 Å². The molecule has 0 saturated carbocycles. The first-order valence-electron chi connectivity index (χ1n) is 12.2. The van der Waals surface area contributed by atoms with E-state index in [-0.39, 0.29) is 16.4 Å². The average Bonchev–Trinajstić information content (AvgIpc) is 3.46. The van der Waals surface area contributed by atoms with Gasteiger partial charge >= 0.3 is 11.6 Å². The van der Waals surface area contributed by atoms with E-state index in [0.29, 0.717) is 24.0 Å². The summed E-state index contributed by atoms with van der Waals surface area (Å²) >= 11 is 0. The molecule has 0 amide bonds. The van der Waals surface area contributed by atoms with Gasteiger partial charge in [-0.2, -0.15) is 0 Å². The number of hydrogen-bond acceptors (Lipinski definition) is 9. The number of benzene rings is 1. The van der Waals surface area contributed by atoms with Gasteiger partial charge in [-0.3, -0.25) is 5.32 Å². The molecule has 12 heteroatoms. The topological polar surface area (TPSA) is 134 Å². The summed E-state index contributed by atoms with van der Waals surface area (Å²) in [6.45, 7) is 15.0. The van der Waals surface area contributed by atoms with Gasteiger partial charge in [-0.05, 0) is 35.6 Å². The maximum atomic E-state index is 12.4. The number of hydrogen-bond donors (Lipinski definition) is 3. The molecule has 0 atom stereocenters. The largest absolute Gasteiger partial charge is 0.504 e. The Labute approximate surface area is 220 Å². The number of aromatic nitrogens is 2. The SMILES string of the molecule is CC.CC(C)C.CO[n+]1onc(Nc2cccc(S(=O)(=O)N(C)C)c2O)c1NCc1cc(C(C)C)co1. The number of furan rings is 1. The minimum Gasteiger partial charge on any atom is -0.504 e. The molecular formula is C25H42N5O6S+. The molecule has 0 radical (unpaired) electrons. The number of sulfonamides is 1. The first-order chi connectivity index (χ1) is 17.4. The highest BCUT2D eigenvalue weighted by Crippen LogP contribution is 2.34. The van der Waals surface area contributed by atoms with Gasteiger partial charge in [-0.15, -0.1) is 0 Å². The van der Waals surface area contributed by atoms with E-state index in [0.717, 1.165) is 20.7 Å². The summed E-state index contributed by atoms with van der Waals surface area (Å²) in [5.74, 6) is 1.91. The summed E-state index contributed by atoms with van der Waals surface area (Å²) in [5.41, 5.74) is 1.20. The van der Waals surface area contributed by atoms with Crippen molar-refractivity contribution in [3.05, 3.63) is 41.9 Å². The van der Waals surface area contributed by atoms with Gasteiger partial charge in [0, 0.05) is 14.1 Å². The number of aromatic hydroxyl groups is 1. The van der Waals surface area contributed by atoms with Crippen LogP contribution in [0.3, 0.4) is 0 Å². The Balaban J connectivity index is 0.00000104. The normalized spacial score (nSPS) is 11.1. The van der Waals surface area contributed by atoms with Crippen LogP contribution < -0.4 is 20.4 Å². The Hall–Kier alpha value is -3.25. The van der Waals surface area contributed by atoms with E-state index in [1.165, 1.54) is 39.4 Å². The predicted molar refractivity (Wildman–Crippen MR) is 143 cm³/mol. The monoisotopic (exact) mass is 540 g/mol. The Kier molecular flexibility index (Phi) is 12.4. The first-order valence-corrected chi connectivity index (χ1v) is 13.6. The van der Waals surface area contributed by atoms with Gasteiger partial charge < -0.3 is 19.7 Å². The number of nitrogens with one attached hydrogen (secondary N) is 2. The predicted octanol–water partition coefficient (Wildman–Crippen LogP) is 4.74. The third kappa shape index (κ3) is 8.67. The van der Waals surface area contributed by atoms with E-state index in [1.54, 1.807) is 6.26 Å². The third-order valence-electron chi connectivity index (χ3n) is 4.56. The van der Waals surface area contributed by atoms with Crippen LogP contribution in [0.4, 0.5) is 17.3 Å². The van der Waals surface area contributed by atoms with Crippen LogP contribution in [-0.2, 0) is 16.6 Å². The molecule has 0 aliphatic carbocycles. The highest BCUT2D eigenvalue weighted by Gasteiger charge is 2.28. The molecule has 3 aromatic rings. The second kappa shape index (κ2) is 14.5. The fraction of sp³-hybridized carbons (Fsp3) is 0.520. The minimum atomic E-state index is -3.84. The number of phenolic OH excluding ortho intramolecular Hbond substituents is 1. The molecule has 1 aromatic carbocycles. The van der Waals surface area contributed by atoms with E-state index in [1.807, 2.05) is 19.9 Å². The summed E-state index contributed by atoms with van der Waals surface area (Å²) in [4.78, 5) is 5.92. The fourth-order valence-electron chi connectivity index (χ4n) is 2.72. The van der Waals surface area contributed by atoms with Crippen molar-refractivity contribution in [1.29, 1.82) is 0 Å². The van der Waals surface area contributed by atoms with Gasteiger partial charge in [-0.1, -0.05) is 59.2 Å². The highest BCUT2D eigenvalue weighted by atomic mass is 32.2. The minimum absolute atomic E-state index is 0.127. The molecule has 3 N–H and O–H groups in total. The van der Waals surface area contributed by atoms with Gasteiger partial charge in [0.15, 0.2) is 5.75 Å². The number of rotatable bonds is 9. The Morgan fingerprint density at radius 1 is 1.16 bits per heavy atom. The smallest absolute Gasteiger partial charge is 0.366 e. The van der Waals surface area contributed by atoms with Crippen LogP contribution in [0, 0.1) is 5.92 Å². The third-order valence-corrected chi connectivity index (χ3v) is 6.41. The summed E-state index contributed by atoms with van der Waals surface area (Å²) in [5, 5.41) is 20.4. The van der Waals surface area contributed by atoms with Crippen molar-refractivity contribution in [3.63, 3.8) is 0 Å². The second-order valence-electron chi connectivity index (χ2n) is 8.96. The molecule has 11 nitrogen and oxygen atoms in total. The molecule has 0 aliphatic rings. The molecule has 37 heavy (non-hydrogen) atoms. The summed E-state index contributed by atoms with van der Waals surface area (Å²) < 4.78 is 36.6. The average molecular weight is 541 g/mol. The number of phenols is 1. The van der Waals surface area contributed by atoms with Crippen molar-refractivity contribution in [2.45, 2.75) is 65.8 Å². The zero-order valence-electron chi connectivity index (χ0n) is 23.5. The fourth-order valence-corrected chi connectivity index (χ4v) is 3.72. The lowest BCUT2D eigenvalue weighted by Gasteiger charge is -2.14. The molecule has 0 bridgehead atoms. The van der Waals surface area contributed by atoms with Gasteiger partial charge in [0.05, 0.1) is 12.0 Å². The Morgan fingerprint density at radius 2 is 1.78 bits per heavy atom. The first kappa shape index (κ1) is 31.8. The lowest BCUT2D eigenvalue weighted by Crippen LogP contribution is -2.41. The molecule has 3 rings (SSSR count). The molecular weight excluding hydrogens is 498 g/mol. The van der Waals surface area contributed by atoms with Gasteiger partial charge in [-0.25, -0.2) is 12.7 Å². The molecule has 0 saturated heterocycles. The van der Waals surface area contributed by atoms with Crippen LogP contribution in [0.1, 0.15) is 65.7 Å². The highest BCUT2D eigenvalue weighted by molar-refractivity contribution is 7.89. The van der Waals surface area contributed by atoms with Crippen molar-refractivity contribution in [3.8, 4) is 5.75 Å². The van der Waals surface area contributed by atoms with Crippen LogP contribution in [0.15, 0.2) is 44.5 Å².